The van der Waals surface area contributed by atoms with Crippen molar-refractivity contribution in [3.05, 3.63) is 386 Å². The Bertz CT molecular complexity index is 6990. The lowest BCUT2D eigenvalue weighted by atomic mass is 9.80. The summed E-state index contributed by atoms with van der Waals surface area (Å²) in [6.45, 7) is 9.54. The van der Waals surface area contributed by atoms with Crippen LogP contribution in [0.15, 0.2) is 364 Å². The van der Waals surface area contributed by atoms with Crippen molar-refractivity contribution in [3.63, 3.8) is 0 Å². The highest BCUT2D eigenvalue weighted by Gasteiger charge is 2.40. The fraction of sp³-hybridized carbons (Fsp3) is 0.0566. The van der Waals surface area contributed by atoms with E-state index in [1.807, 2.05) is 0 Å². The second-order valence-electron chi connectivity index (χ2n) is 30.4. The Labute approximate surface area is 617 Å². The van der Waals surface area contributed by atoms with Gasteiger partial charge in [-0.05, 0) is 237 Å². The van der Waals surface area contributed by atoms with Crippen LogP contribution in [0.25, 0.3) is 197 Å². The van der Waals surface area contributed by atoms with Gasteiger partial charge in [-0.3, -0.25) is 0 Å². The second kappa shape index (κ2) is 23.8. The van der Waals surface area contributed by atoms with Gasteiger partial charge >= 0.3 is 0 Å². The number of hydrogen-bond donors (Lipinski definition) is 0. The molecule has 0 atom stereocenters. The lowest BCUT2D eigenvalue weighted by Gasteiger charge is -2.23. The van der Waals surface area contributed by atoms with Gasteiger partial charge in [0.05, 0.1) is 0 Å². The third-order valence-electron chi connectivity index (χ3n) is 24.0. The maximum absolute atomic E-state index is 2.39. The average molecular weight is 1350 g/mol. The zero-order valence-corrected chi connectivity index (χ0v) is 59.6. The van der Waals surface area contributed by atoms with E-state index in [4.69, 9.17) is 0 Å². The van der Waals surface area contributed by atoms with Gasteiger partial charge in [0.25, 0.3) is 0 Å². The van der Waals surface area contributed by atoms with E-state index < -0.39 is 0 Å². The highest BCUT2D eigenvalue weighted by Crippen LogP contribution is 2.57. The molecule has 0 aliphatic heterocycles. The van der Waals surface area contributed by atoms with E-state index in [9.17, 15) is 0 Å². The summed E-state index contributed by atoms with van der Waals surface area (Å²) in [5.74, 6) is 0. The Kier molecular flexibility index (Phi) is 13.8. The Hall–Kier alpha value is -13.0. The molecule has 0 bridgehead atoms. The number of benzene rings is 20. The van der Waals surface area contributed by atoms with Crippen LogP contribution in [0.3, 0.4) is 0 Å². The predicted molar refractivity (Wildman–Crippen MR) is 456 cm³/mol. The average Bonchev–Trinajstić information content (AvgIpc) is 1.46. The lowest BCUT2D eigenvalue weighted by Crippen LogP contribution is -2.15. The summed E-state index contributed by atoms with van der Waals surface area (Å²) in [5, 5.41) is 25.7. The molecule has 0 radical (unpaired) electrons. The highest BCUT2D eigenvalue weighted by atomic mass is 14.4. The molecule has 0 amide bonds. The van der Waals surface area contributed by atoms with E-state index >= 15 is 0 Å². The Morgan fingerprint density at radius 1 is 0.151 bits per heavy atom. The molecule has 0 N–H and O–H groups in total. The van der Waals surface area contributed by atoms with Crippen LogP contribution < -0.4 is 0 Å². The molecule has 0 nitrogen and oxygen atoms in total. The zero-order chi connectivity index (χ0) is 70.5. The van der Waals surface area contributed by atoms with Gasteiger partial charge in [-0.15, -0.1) is 0 Å². The highest BCUT2D eigenvalue weighted by molar-refractivity contribution is 6.26. The number of hydrogen-bond acceptors (Lipinski definition) is 0. The summed E-state index contributed by atoms with van der Waals surface area (Å²) in [5.41, 5.74) is 26.2. The Morgan fingerprint density at radius 3 is 0.934 bits per heavy atom. The summed E-state index contributed by atoms with van der Waals surface area (Å²) >= 11 is 0. The SMILES string of the molecule is CC1(C)c2cccc(-c3ccc(-c4c5ccccc5c(-c5ccc6ccccc6c5)c5ccccc45)cc3)c2-c2ccc3ccccc3c21.CC1(C)c2cccc(-c3ccc(-c4c5ccccc5c(-c5cccc6c5ccc5cc7ccccc7cc56)c5ccccc45)cc3)c2-c2ccc3ccccc3c21. The first-order valence-corrected chi connectivity index (χ1v) is 37.4. The summed E-state index contributed by atoms with van der Waals surface area (Å²) in [6, 6.07) is 136. The topological polar surface area (TPSA) is 0 Å². The minimum atomic E-state index is -0.0907. The van der Waals surface area contributed by atoms with Crippen LogP contribution in [-0.2, 0) is 10.8 Å². The molecular weight excluding hydrogens is 1270 g/mol. The normalized spacial score (nSPS) is 13.2. The monoisotopic (exact) mass is 1340 g/mol. The minimum Gasteiger partial charge on any atom is -0.0616 e. The van der Waals surface area contributed by atoms with E-state index in [-0.39, 0.29) is 10.8 Å². The zero-order valence-electron chi connectivity index (χ0n) is 59.6. The van der Waals surface area contributed by atoms with Crippen LogP contribution in [-0.4, -0.2) is 0 Å². The molecule has 0 heteroatoms. The van der Waals surface area contributed by atoms with Crippen LogP contribution in [0.4, 0.5) is 0 Å². The van der Waals surface area contributed by atoms with Gasteiger partial charge in [0, 0.05) is 10.8 Å². The molecule has 20 aromatic rings. The summed E-state index contributed by atoms with van der Waals surface area (Å²) in [4.78, 5) is 0. The van der Waals surface area contributed by atoms with Crippen LogP contribution >= 0.6 is 0 Å². The molecule has 0 saturated carbocycles. The maximum Gasteiger partial charge on any atom is 0.0165 e. The van der Waals surface area contributed by atoms with Gasteiger partial charge in [-0.25, -0.2) is 0 Å². The first-order valence-electron chi connectivity index (χ1n) is 37.4. The molecule has 0 aromatic heterocycles. The molecule has 0 fully saturated rings. The van der Waals surface area contributed by atoms with Crippen LogP contribution in [0.1, 0.15) is 49.9 Å². The molecule has 22 rings (SSSR count). The molecule has 0 heterocycles. The molecule has 0 saturated heterocycles. The summed E-state index contributed by atoms with van der Waals surface area (Å²) in [6.07, 6.45) is 0. The fourth-order valence-electron chi connectivity index (χ4n) is 19.2. The van der Waals surface area contributed by atoms with Crippen molar-refractivity contribution in [1.82, 2.24) is 0 Å². The maximum atomic E-state index is 2.39. The molecule has 0 spiro atoms. The molecule has 2 aliphatic carbocycles. The van der Waals surface area contributed by atoms with Crippen molar-refractivity contribution in [3.8, 4) is 89.0 Å². The number of fused-ring (bicyclic) bond motifs is 19. The van der Waals surface area contributed by atoms with Crippen LogP contribution in [0.2, 0.25) is 0 Å². The van der Waals surface area contributed by atoms with E-state index in [0.29, 0.717) is 0 Å². The van der Waals surface area contributed by atoms with Gasteiger partial charge in [-0.1, -0.05) is 373 Å². The lowest BCUT2D eigenvalue weighted by molar-refractivity contribution is 0.666. The van der Waals surface area contributed by atoms with Crippen molar-refractivity contribution in [2.45, 2.75) is 38.5 Å². The van der Waals surface area contributed by atoms with Crippen molar-refractivity contribution >= 4 is 108 Å². The standard InChI is InChI=1S/C57H38.C49H34/c1-57(2)52-24-12-21-41(55(52)50-32-29-35-13-5-6-16-42(35)56(50)57)36-25-27-37(28-26-36)53-46-17-7-9-19-48(46)54(49-20-10-8-18-47(49)53)45-23-11-22-43-44(45)31-30-40-33-38-14-3-4-15-39(38)34-51(40)43;1-49(2)44-21-11-20-37(47(44)43-29-28-32-13-5-6-15-38(32)48(43)49)33-23-25-34(26-24-33)45-39-16-7-9-18-41(39)46(42-19-10-8-17-40(42)45)36-27-22-31-12-3-4-14-35(31)30-36/h3-34H,1-2H3;3-30H,1-2H3. The molecule has 20 aromatic carbocycles. The molecule has 0 unspecified atom stereocenters. The molecule has 2 aliphatic rings. The van der Waals surface area contributed by atoms with Crippen molar-refractivity contribution in [1.29, 1.82) is 0 Å². The minimum absolute atomic E-state index is 0.0773. The van der Waals surface area contributed by atoms with Crippen LogP contribution in [0.5, 0.6) is 0 Å². The van der Waals surface area contributed by atoms with Crippen molar-refractivity contribution in [2.75, 3.05) is 0 Å². The quantitative estimate of drug-likeness (QED) is 0.115. The second-order valence-corrected chi connectivity index (χ2v) is 30.4. The van der Waals surface area contributed by atoms with E-state index in [1.54, 1.807) is 0 Å². The fourth-order valence-corrected chi connectivity index (χ4v) is 19.2. The third kappa shape index (κ3) is 9.33. The first-order chi connectivity index (χ1) is 52.1. The van der Waals surface area contributed by atoms with Gasteiger partial charge in [-0.2, -0.15) is 0 Å². The number of rotatable bonds is 6. The van der Waals surface area contributed by atoms with Crippen LogP contribution in [0, 0.1) is 0 Å². The summed E-state index contributed by atoms with van der Waals surface area (Å²) < 4.78 is 0. The Balaban J connectivity index is 0.000000138. The van der Waals surface area contributed by atoms with Gasteiger partial charge < -0.3 is 0 Å². The van der Waals surface area contributed by atoms with Gasteiger partial charge in [0.1, 0.15) is 0 Å². The molecule has 496 valence electrons. The van der Waals surface area contributed by atoms with E-state index in [1.165, 1.54) is 219 Å². The predicted octanol–water partition coefficient (Wildman–Crippen LogP) is 29.5. The molecular formula is C106H72. The largest absolute Gasteiger partial charge is 0.0616 e. The van der Waals surface area contributed by atoms with Crippen molar-refractivity contribution in [2.24, 2.45) is 0 Å². The van der Waals surface area contributed by atoms with Gasteiger partial charge in [0.15, 0.2) is 0 Å². The van der Waals surface area contributed by atoms with Gasteiger partial charge in [0.2, 0.25) is 0 Å². The smallest absolute Gasteiger partial charge is 0.0165 e. The van der Waals surface area contributed by atoms with E-state index in [2.05, 4.69) is 392 Å². The molecule has 106 heavy (non-hydrogen) atoms. The van der Waals surface area contributed by atoms with Crippen molar-refractivity contribution < 1.29 is 0 Å². The van der Waals surface area contributed by atoms with E-state index in [0.717, 1.165) is 0 Å². The Morgan fingerprint density at radius 2 is 0.472 bits per heavy atom. The summed E-state index contributed by atoms with van der Waals surface area (Å²) in [7, 11) is 0. The third-order valence-corrected chi connectivity index (χ3v) is 24.0. The first kappa shape index (κ1) is 61.6.